The first kappa shape index (κ1) is 9.64. The number of carbonyl (C=O) groups is 1. The summed E-state index contributed by atoms with van der Waals surface area (Å²) in [5.41, 5.74) is 0. The minimum absolute atomic E-state index is 0.189. The van der Waals surface area contributed by atoms with Crippen LogP contribution in [0.25, 0.3) is 0 Å². The SMILES string of the molecule is BC(NS(C)(=O)=O)C(C)=O. The van der Waals surface area contributed by atoms with Crippen molar-refractivity contribution in [1.29, 1.82) is 0 Å². The number of Topliss-reactive ketones (excluding diaryl/α,β-unsaturated/α-hetero) is 1. The molecule has 0 aromatic heterocycles. The maximum atomic E-state index is 10.5. The highest BCUT2D eigenvalue weighted by Gasteiger charge is 2.11. The zero-order valence-corrected chi connectivity index (χ0v) is 7.03. The van der Waals surface area contributed by atoms with E-state index in [1.807, 2.05) is 0 Å². The zero-order chi connectivity index (χ0) is 8.36. The van der Waals surface area contributed by atoms with Crippen molar-refractivity contribution in [2.24, 2.45) is 0 Å². The van der Waals surface area contributed by atoms with Crippen molar-refractivity contribution in [2.45, 2.75) is 12.9 Å². The predicted molar refractivity (Wildman–Crippen MR) is 41.0 cm³/mol. The molecule has 0 saturated heterocycles. The number of hydrogen-bond acceptors (Lipinski definition) is 3. The monoisotopic (exact) mass is 163 g/mol. The van der Waals surface area contributed by atoms with Crippen LogP contribution in [0, 0.1) is 0 Å². The molecule has 0 aliphatic rings. The third-order valence-electron chi connectivity index (χ3n) is 1.00. The van der Waals surface area contributed by atoms with Gasteiger partial charge in [0, 0.05) is 5.94 Å². The summed E-state index contributed by atoms with van der Waals surface area (Å²) in [4.78, 5) is 10.5. The Balaban J connectivity index is 4.06. The molecule has 0 aromatic carbocycles. The Morgan fingerprint density at radius 3 is 2.10 bits per heavy atom. The lowest BCUT2D eigenvalue weighted by atomic mass is 9.94. The van der Waals surface area contributed by atoms with Gasteiger partial charge >= 0.3 is 0 Å². The van der Waals surface area contributed by atoms with E-state index in [1.54, 1.807) is 0 Å². The lowest BCUT2D eigenvalue weighted by molar-refractivity contribution is -0.116. The van der Waals surface area contributed by atoms with E-state index in [0.717, 1.165) is 6.26 Å². The van der Waals surface area contributed by atoms with Crippen molar-refractivity contribution in [3.8, 4) is 0 Å². The molecule has 0 aromatic rings. The standard InChI is InChI=1S/C4H10BNO3S/c1-3(7)4(5)6-10(2,8)9/h4,6H,5H2,1-2H3. The fraction of sp³-hybridized carbons (Fsp3) is 0.750. The van der Waals surface area contributed by atoms with Crippen molar-refractivity contribution in [3.63, 3.8) is 0 Å². The second kappa shape index (κ2) is 3.16. The van der Waals surface area contributed by atoms with Gasteiger partial charge < -0.3 is 0 Å². The Hall–Kier alpha value is -0.355. The van der Waals surface area contributed by atoms with Crippen LogP contribution in [0.3, 0.4) is 0 Å². The smallest absolute Gasteiger partial charge is 0.208 e. The van der Waals surface area contributed by atoms with Gasteiger partial charge in [0.15, 0.2) is 0 Å². The molecule has 1 unspecified atom stereocenters. The van der Waals surface area contributed by atoms with E-state index < -0.39 is 16.0 Å². The summed E-state index contributed by atoms with van der Waals surface area (Å²) in [5, 5.41) is 0. The Bertz CT molecular complexity index is 223. The molecule has 10 heavy (non-hydrogen) atoms. The van der Waals surface area contributed by atoms with Gasteiger partial charge in [0.05, 0.1) is 6.26 Å². The molecule has 0 bridgehead atoms. The van der Waals surface area contributed by atoms with Crippen LogP contribution in [0.15, 0.2) is 0 Å². The first-order valence-corrected chi connectivity index (χ1v) is 4.70. The van der Waals surface area contributed by atoms with Gasteiger partial charge in [-0.3, -0.25) is 4.79 Å². The van der Waals surface area contributed by atoms with Crippen molar-refractivity contribution in [1.82, 2.24) is 4.72 Å². The average Bonchev–Trinajstić information content (AvgIpc) is 1.60. The molecule has 0 saturated carbocycles. The average molecular weight is 163 g/mol. The maximum Gasteiger partial charge on any atom is 0.208 e. The molecule has 1 atom stereocenters. The van der Waals surface area contributed by atoms with Crippen LogP contribution in [0.5, 0.6) is 0 Å². The molecular weight excluding hydrogens is 153 g/mol. The van der Waals surface area contributed by atoms with Crippen LogP contribution in [0.4, 0.5) is 0 Å². The zero-order valence-electron chi connectivity index (χ0n) is 6.21. The van der Waals surface area contributed by atoms with Gasteiger partial charge in [-0.25, -0.2) is 13.1 Å². The topological polar surface area (TPSA) is 63.2 Å². The number of carbonyl (C=O) groups excluding carboxylic acids is 1. The second-order valence-corrected chi connectivity index (χ2v) is 4.00. The van der Waals surface area contributed by atoms with Gasteiger partial charge in [-0.15, -0.1) is 0 Å². The molecule has 0 heterocycles. The van der Waals surface area contributed by atoms with Crippen LogP contribution < -0.4 is 4.72 Å². The number of hydrogen-bond donors (Lipinski definition) is 1. The first-order chi connectivity index (χ1) is 4.33. The summed E-state index contributed by atoms with van der Waals surface area (Å²) >= 11 is 0. The summed E-state index contributed by atoms with van der Waals surface area (Å²) in [7, 11) is -1.74. The summed E-state index contributed by atoms with van der Waals surface area (Å²) in [5.74, 6) is -0.805. The van der Waals surface area contributed by atoms with E-state index >= 15 is 0 Å². The van der Waals surface area contributed by atoms with Gasteiger partial charge in [-0.1, -0.05) is 0 Å². The van der Waals surface area contributed by atoms with E-state index in [1.165, 1.54) is 14.8 Å². The Kier molecular flexibility index (Phi) is 3.05. The Labute approximate surface area is 61.5 Å². The van der Waals surface area contributed by atoms with Crippen LogP contribution in [0.2, 0.25) is 0 Å². The van der Waals surface area contributed by atoms with E-state index in [4.69, 9.17) is 0 Å². The summed E-state index contributed by atoms with van der Waals surface area (Å²) in [6, 6.07) is 0. The van der Waals surface area contributed by atoms with E-state index in [2.05, 4.69) is 4.72 Å². The first-order valence-electron chi connectivity index (χ1n) is 2.80. The molecule has 0 radical (unpaired) electrons. The molecule has 0 spiro atoms. The van der Waals surface area contributed by atoms with Crippen LogP contribution in [-0.4, -0.2) is 34.2 Å². The molecule has 1 N–H and O–H groups in total. The normalized spacial score (nSPS) is 14.6. The van der Waals surface area contributed by atoms with Crippen LogP contribution >= 0.6 is 0 Å². The molecule has 0 amide bonds. The van der Waals surface area contributed by atoms with Crippen molar-refractivity contribution in [3.05, 3.63) is 0 Å². The third-order valence-corrected chi connectivity index (χ3v) is 1.78. The lowest BCUT2D eigenvalue weighted by Crippen LogP contribution is -2.39. The molecule has 4 nitrogen and oxygen atoms in total. The van der Waals surface area contributed by atoms with Gasteiger partial charge in [0.1, 0.15) is 13.6 Å². The number of sulfonamides is 1. The van der Waals surface area contributed by atoms with Crippen LogP contribution in [-0.2, 0) is 14.8 Å². The number of rotatable bonds is 3. The maximum absolute atomic E-state index is 10.5. The Morgan fingerprint density at radius 2 is 2.00 bits per heavy atom. The molecule has 58 valence electrons. The fourth-order valence-corrected chi connectivity index (χ4v) is 1.21. The minimum Gasteiger partial charge on any atom is -0.299 e. The quantitative estimate of drug-likeness (QED) is 0.493. The van der Waals surface area contributed by atoms with Crippen molar-refractivity contribution >= 4 is 23.7 Å². The number of nitrogens with one attached hydrogen (secondary N) is 1. The number of ketones is 1. The second-order valence-electron chi connectivity index (χ2n) is 2.22. The van der Waals surface area contributed by atoms with Gasteiger partial charge in [0.25, 0.3) is 0 Å². The van der Waals surface area contributed by atoms with E-state index in [-0.39, 0.29) is 5.78 Å². The van der Waals surface area contributed by atoms with Gasteiger partial charge in [-0.05, 0) is 6.92 Å². The van der Waals surface area contributed by atoms with Gasteiger partial charge in [-0.2, -0.15) is 0 Å². The largest absolute Gasteiger partial charge is 0.299 e. The van der Waals surface area contributed by atoms with Crippen LogP contribution in [0.1, 0.15) is 6.92 Å². The predicted octanol–water partition coefficient (Wildman–Crippen LogP) is -1.92. The highest BCUT2D eigenvalue weighted by Crippen LogP contribution is 1.81. The van der Waals surface area contributed by atoms with E-state index in [0.29, 0.717) is 0 Å². The molecule has 0 rings (SSSR count). The minimum atomic E-state index is -3.24. The molecule has 0 aliphatic heterocycles. The van der Waals surface area contributed by atoms with Crippen molar-refractivity contribution < 1.29 is 13.2 Å². The molecule has 0 aliphatic carbocycles. The molecular formula is C4H10BNO3S. The highest BCUT2D eigenvalue weighted by atomic mass is 32.2. The third kappa shape index (κ3) is 4.52. The van der Waals surface area contributed by atoms with E-state index in [9.17, 15) is 13.2 Å². The Morgan fingerprint density at radius 1 is 1.60 bits per heavy atom. The fourth-order valence-electron chi connectivity index (χ4n) is 0.404. The molecule has 0 fully saturated rings. The molecule has 6 heteroatoms. The van der Waals surface area contributed by atoms with Crippen molar-refractivity contribution in [2.75, 3.05) is 6.26 Å². The van der Waals surface area contributed by atoms with Gasteiger partial charge in [0.2, 0.25) is 10.0 Å². The summed E-state index contributed by atoms with van der Waals surface area (Å²) < 4.78 is 23.1. The highest BCUT2D eigenvalue weighted by molar-refractivity contribution is 7.88. The lowest BCUT2D eigenvalue weighted by Gasteiger charge is -2.06. The summed E-state index contributed by atoms with van der Waals surface area (Å²) in [6.45, 7) is 1.34. The summed E-state index contributed by atoms with van der Waals surface area (Å²) in [6.07, 6.45) is 1.02.